The molecule has 1 amide bonds. The number of carbonyl (C=O) groups is 1. The lowest BCUT2D eigenvalue weighted by Crippen LogP contribution is -2.15. The third-order valence-corrected chi connectivity index (χ3v) is 5.27. The smallest absolute Gasteiger partial charge is 0.269 e. The molecule has 0 aliphatic rings. The van der Waals surface area contributed by atoms with Crippen molar-refractivity contribution in [3.05, 3.63) is 18.0 Å². The van der Waals surface area contributed by atoms with Crippen LogP contribution in [-0.2, 0) is 0 Å². The lowest BCUT2D eigenvalue weighted by molar-refractivity contribution is 0.0994. The van der Waals surface area contributed by atoms with Gasteiger partial charge in [-0.15, -0.1) is 0 Å². The zero-order valence-electron chi connectivity index (χ0n) is 17.2. The Morgan fingerprint density at radius 3 is 1.77 bits per heavy atom. The normalized spacial score (nSPS) is 12.4. The summed E-state index contributed by atoms with van der Waals surface area (Å²) in [5, 5.41) is 4.42. The van der Waals surface area contributed by atoms with E-state index in [0.717, 1.165) is 12.8 Å². The minimum atomic E-state index is -0.433. The molecule has 1 aromatic heterocycles. The minimum absolute atomic E-state index is 0.386. The highest BCUT2D eigenvalue weighted by Crippen LogP contribution is 2.23. The molecule has 1 rings (SSSR count). The molecule has 0 aliphatic heterocycles. The Morgan fingerprint density at radius 2 is 1.35 bits per heavy atom. The van der Waals surface area contributed by atoms with Gasteiger partial charge in [-0.1, -0.05) is 97.3 Å². The van der Waals surface area contributed by atoms with Crippen LogP contribution in [0.15, 0.2) is 12.3 Å². The number of unbranched alkanes of at least 4 members (excludes halogenated alkanes) is 11. The molecule has 0 saturated carbocycles. The summed E-state index contributed by atoms with van der Waals surface area (Å²) in [7, 11) is 0. The SMILES string of the molecule is CCCCCCCCCCC(CCCCCCC)n1ccc(C(N)=O)n1. The Morgan fingerprint density at radius 1 is 0.885 bits per heavy atom. The van der Waals surface area contributed by atoms with Crippen molar-refractivity contribution in [2.24, 2.45) is 5.73 Å². The van der Waals surface area contributed by atoms with E-state index in [4.69, 9.17) is 5.73 Å². The third kappa shape index (κ3) is 9.98. The summed E-state index contributed by atoms with van der Waals surface area (Å²) >= 11 is 0. The number of hydrogen-bond donors (Lipinski definition) is 1. The molecule has 0 bridgehead atoms. The van der Waals surface area contributed by atoms with E-state index in [0.29, 0.717) is 11.7 Å². The Labute approximate surface area is 160 Å². The van der Waals surface area contributed by atoms with Crippen molar-refractivity contribution >= 4 is 5.91 Å². The van der Waals surface area contributed by atoms with Crippen molar-refractivity contribution in [2.45, 2.75) is 116 Å². The van der Waals surface area contributed by atoms with Gasteiger partial charge in [0.1, 0.15) is 5.69 Å². The maximum atomic E-state index is 11.3. The Bertz CT molecular complexity index is 470. The topological polar surface area (TPSA) is 60.9 Å². The summed E-state index contributed by atoms with van der Waals surface area (Å²) < 4.78 is 1.99. The third-order valence-electron chi connectivity index (χ3n) is 5.27. The average molecular weight is 364 g/mol. The molecular formula is C22H41N3O. The molecule has 2 N–H and O–H groups in total. The first-order chi connectivity index (χ1) is 12.7. The van der Waals surface area contributed by atoms with Crippen molar-refractivity contribution in [1.82, 2.24) is 9.78 Å². The predicted molar refractivity (Wildman–Crippen MR) is 110 cm³/mol. The standard InChI is InChI=1S/C22H41N3O/c1-3-5-7-9-10-11-13-15-17-20(16-14-12-8-6-4-2)25-19-18-21(24-25)22(23)26/h18-20H,3-17H2,1-2H3,(H2,23,26). The van der Waals surface area contributed by atoms with Gasteiger partial charge in [0.05, 0.1) is 6.04 Å². The summed E-state index contributed by atoms with van der Waals surface area (Å²) in [5.74, 6) is -0.433. The monoisotopic (exact) mass is 363 g/mol. The molecule has 0 radical (unpaired) electrons. The van der Waals surface area contributed by atoms with Gasteiger partial charge in [0.2, 0.25) is 0 Å². The second-order valence-corrected chi connectivity index (χ2v) is 7.67. The number of nitrogens with two attached hydrogens (primary N) is 1. The van der Waals surface area contributed by atoms with Crippen LogP contribution in [0.2, 0.25) is 0 Å². The zero-order chi connectivity index (χ0) is 19.0. The van der Waals surface area contributed by atoms with E-state index in [1.807, 2.05) is 10.9 Å². The highest BCUT2D eigenvalue weighted by Gasteiger charge is 2.14. The Kier molecular flexibility index (Phi) is 12.9. The van der Waals surface area contributed by atoms with Crippen molar-refractivity contribution in [1.29, 1.82) is 0 Å². The first-order valence-electron chi connectivity index (χ1n) is 11.0. The number of amides is 1. The predicted octanol–water partition coefficient (Wildman–Crippen LogP) is 6.41. The molecule has 4 nitrogen and oxygen atoms in total. The molecule has 150 valence electrons. The molecule has 0 saturated heterocycles. The highest BCUT2D eigenvalue weighted by atomic mass is 16.1. The average Bonchev–Trinajstić information content (AvgIpc) is 3.12. The molecule has 26 heavy (non-hydrogen) atoms. The maximum absolute atomic E-state index is 11.3. The summed E-state index contributed by atoms with van der Waals surface area (Å²) in [6, 6.07) is 2.16. The highest BCUT2D eigenvalue weighted by molar-refractivity contribution is 5.90. The Balaban J connectivity index is 2.36. The van der Waals surface area contributed by atoms with E-state index in [2.05, 4.69) is 18.9 Å². The molecule has 1 aromatic rings. The van der Waals surface area contributed by atoms with Crippen LogP contribution in [0.5, 0.6) is 0 Å². The molecule has 0 aliphatic carbocycles. The van der Waals surface area contributed by atoms with Gasteiger partial charge in [-0.2, -0.15) is 5.10 Å². The van der Waals surface area contributed by atoms with Crippen molar-refractivity contribution in [2.75, 3.05) is 0 Å². The van der Waals surface area contributed by atoms with Gasteiger partial charge in [0, 0.05) is 6.20 Å². The van der Waals surface area contributed by atoms with Crippen LogP contribution < -0.4 is 5.73 Å². The Hall–Kier alpha value is -1.32. The van der Waals surface area contributed by atoms with Gasteiger partial charge in [-0.05, 0) is 18.9 Å². The van der Waals surface area contributed by atoms with Crippen LogP contribution in [-0.4, -0.2) is 15.7 Å². The molecule has 0 aromatic carbocycles. The summed E-state index contributed by atoms with van der Waals surface area (Å²) in [6.45, 7) is 4.52. The lowest BCUT2D eigenvalue weighted by atomic mass is 10.00. The van der Waals surface area contributed by atoms with Crippen molar-refractivity contribution in [3.63, 3.8) is 0 Å². The van der Waals surface area contributed by atoms with Crippen LogP contribution in [0, 0.1) is 0 Å². The van der Waals surface area contributed by atoms with Gasteiger partial charge >= 0.3 is 0 Å². The van der Waals surface area contributed by atoms with E-state index in [1.54, 1.807) is 6.07 Å². The van der Waals surface area contributed by atoms with E-state index in [-0.39, 0.29) is 0 Å². The number of hydrogen-bond acceptors (Lipinski definition) is 2. The fourth-order valence-electron chi connectivity index (χ4n) is 3.58. The van der Waals surface area contributed by atoms with Gasteiger partial charge in [0.25, 0.3) is 5.91 Å². The molecule has 1 unspecified atom stereocenters. The lowest BCUT2D eigenvalue weighted by Gasteiger charge is -2.18. The van der Waals surface area contributed by atoms with Gasteiger partial charge in [-0.25, -0.2) is 0 Å². The van der Waals surface area contributed by atoms with E-state index in [1.165, 1.54) is 83.5 Å². The van der Waals surface area contributed by atoms with E-state index >= 15 is 0 Å². The van der Waals surface area contributed by atoms with Crippen LogP contribution in [0.3, 0.4) is 0 Å². The van der Waals surface area contributed by atoms with Crippen LogP contribution in [0.1, 0.15) is 127 Å². The van der Waals surface area contributed by atoms with Crippen LogP contribution in [0.25, 0.3) is 0 Å². The molecule has 4 heteroatoms. The molecule has 1 atom stereocenters. The minimum Gasteiger partial charge on any atom is -0.364 e. The second kappa shape index (κ2) is 14.8. The van der Waals surface area contributed by atoms with Gasteiger partial charge in [0.15, 0.2) is 0 Å². The number of aromatic nitrogens is 2. The van der Waals surface area contributed by atoms with E-state index < -0.39 is 5.91 Å². The first kappa shape index (κ1) is 22.7. The number of nitrogens with zero attached hydrogens (tertiary/aromatic N) is 2. The van der Waals surface area contributed by atoms with Crippen molar-refractivity contribution < 1.29 is 4.79 Å². The van der Waals surface area contributed by atoms with Crippen LogP contribution in [0.4, 0.5) is 0 Å². The van der Waals surface area contributed by atoms with Crippen LogP contribution >= 0.6 is 0 Å². The number of carbonyl (C=O) groups excluding carboxylic acids is 1. The summed E-state index contributed by atoms with van der Waals surface area (Å²) in [4.78, 5) is 11.3. The molecular weight excluding hydrogens is 322 g/mol. The largest absolute Gasteiger partial charge is 0.364 e. The first-order valence-corrected chi connectivity index (χ1v) is 11.0. The molecule has 0 fully saturated rings. The van der Waals surface area contributed by atoms with Gasteiger partial charge < -0.3 is 5.73 Å². The zero-order valence-corrected chi connectivity index (χ0v) is 17.2. The fraction of sp³-hybridized carbons (Fsp3) is 0.818. The number of primary amides is 1. The quantitative estimate of drug-likeness (QED) is 0.325. The van der Waals surface area contributed by atoms with Gasteiger partial charge in [-0.3, -0.25) is 9.48 Å². The van der Waals surface area contributed by atoms with E-state index in [9.17, 15) is 4.79 Å². The summed E-state index contributed by atoms with van der Waals surface area (Å²) in [6.07, 6.45) is 21.5. The number of rotatable bonds is 17. The van der Waals surface area contributed by atoms with Crippen molar-refractivity contribution in [3.8, 4) is 0 Å². The molecule has 0 spiro atoms. The second-order valence-electron chi connectivity index (χ2n) is 7.67. The summed E-state index contributed by atoms with van der Waals surface area (Å²) in [5.41, 5.74) is 5.74. The fourth-order valence-corrected chi connectivity index (χ4v) is 3.58. The molecule has 1 heterocycles. The maximum Gasteiger partial charge on any atom is 0.269 e.